The minimum Gasteiger partial charge on any atom is -0.287 e. The SMILES string of the molecule is [CH2]c1ccc(OOC(=O)C(C)(C)C)cc1. The molecule has 1 aromatic carbocycles. The van der Waals surface area contributed by atoms with Gasteiger partial charge in [-0.25, -0.2) is 9.68 Å². The van der Waals surface area contributed by atoms with E-state index in [-0.39, 0.29) is 0 Å². The molecule has 0 heterocycles. The molecule has 15 heavy (non-hydrogen) atoms. The molecule has 0 fully saturated rings. The Morgan fingerprint density at radius 3 is 2.20 bits per heavy atom. The first-order valence-corrected chi connectivity index (χ1v) is 4.70. The van der Waals surface area contributed by atoms with Gasteiger partial charge in [-0.15, -0.1) is 0 Å². The van der Waals surface area contributed by atoms with E-state index in [4.69, 9.17) is 4.89 Å². The van der Waals surface area contributed by atoms with Crippen LogP contribution in [0.3, 0.4) is 0 Å². The first kappa shape index (κ1) is 11.6. The third-order valence-corrected chi connectivity index (χ3v) is 1.75. The minimum atomic E-state index is -0.563. The zero-order chi connectivity index (χ0) is 11.5. The van der Waals surface area contributed by atoms with Gasteiger partial charge >= 0.3 is 5.97 Å². The molecule has 0 atom stereocenters. The number of rotatable bonds is 2. The summed E-state index contributed by atoms with van der Waals surface area (Å²) in [4.78, 5) is 20.9. The van der Waals surface area contributed by atoms with Crippen LogP contribution in [0.2, 0.25) is 0 Å². The summed E-state index contributed by atoms with van der Waals surface area (Å²) in [5.74, 6) is 0.0844. The van der Waals surface area contributed by atoms with Crippen molar-refractivity contribution in [3.05, 3.63) is 36.8 Å². The molecule has 0 aliphatic rings. The van der Waals surface area contributed by atoms with E-state index < -0.39 is 11.4 Å². The Labute approximate surface area is 89.9 Å². The van der Waals surface area contributed by atoms with Gasteiger partial charge in [-0.2, -0.15) is 0 Å². The molecule has 1 radical (unpaired) electrons. The van der Waals surface area contributed by atoms with Crippen molar-refractivity contribution in [2.24, 2.45) is 5.41 Å². The first-order chi connectivity index (χ1) is 6.89. The van der Waals surface area contributed by atoms with Gasteiger partial charge in [0.15, 0.2) is 5.75 Å². The lowest BCUT2D eigenvalue weighted by Gasteiger charge is -2.14. The Bertz CT molecular complexity index is 333. The van der Waals surface area contributed by atoms with Gasteiger partial charge in [0.05, 0.1) is 5.41 Å². The second-order valence-electron chi connectivity index (χ2n) is 4.35. The van der Waals surface area contributed by atoms with Gasteiger partial charge in [0.1, 0.15) is 0 Å². The van der Waals surface area contributed by atoms with Crippen LogP contribution in [-0.2, 0) is 9.68 Å². The highest BCUT2D eigenvalue weighted by Gasteiger charge is 2.24. The molecular weight excluding hydrogens is 192 g/mol. The van der Waals surface area contributed by atoms with Crippen LogP contribution in [0.25, 0.3) is 0 Å². The van der Waals surface area contributed by atoms with Crippen LogP contribution >= 0.6 is 0 Å². The molecule has 81 valence electrons. The minimum absolute atomic E-state index is 0.402. The number of hydrogen-bond donors (Lipinski definition) is 0. The van der Waals surface area contributed by atoms with Gasteiger partial charge in [0.2, 0.25) is 0 Å². The maximum absolute atomic E-state index is 11.3. The number of carbonyl (C=O) groups is 1. The molecule has 1 aromatic rings. The highest BCUT2D eigenvalue weighted by Crippen LogP contribution is 2.17. The average Bonchev–Trinajstić information content (AvgIpc) is 2.15. The predicted molar refractivity (Wildman–Crippen MR) is 57.1 cm³/mol. The van der Waals surface area contributed by atoms with Crippen LogP contribution in [0.15, 0.2) is 24.3 Å². The summed E-state index contributed by atoms with van der Waals surface area (Å²) >= 11 is 0. The van der Waals surface area contributed by atoms with E-state index in [1.165, 1.54) is 0 Å². The monoisotopic (exact) mass is 207 g/mol. The van der Waals surface area contributed by atoms with Crippen molar-refractivity contribution in [1.82, 2.24) is 0 Å². The summed E-state index contributed by atoms with van der Waals surface area (Å²) in [6, 6.07) is 6.94. The van der Waals surface area contributed by atoms with E-state index in [1.807, 2.05) is 0 Å². The molecule has 0 aliphatic carbocycles. The Morgan fingerprint density at radius 1 is 1.20 bits per heavy atom. The van der Waals surface area contributed by atoms with Gasteiger partial charge in [-0.3, -0.25) is 4.89 Å². The number of carbonyl (C=O) groups excluding carboxylic acids is 1. The maximum Gasteiger partial charge on any atom is 0.360 e. The van der Waals surface area contributed by atoms with Crippen LogP contribution in [0, 0.1) is 12.3 Å². The van der Waals surface area contributed by atoms with E-state index >= 15 is 0 Å². The lowest BCUT2D eigenvalue weighted by Crippen LogP contribution is -2.24. The highest BCUT2D eigenvalue weighted by molar-refractivity contribution is 5.74. The molecule has 3 heteroatoms. The Morgan fingerprint density at radius 2 is 1.73 bits per heavy atom. The number of benzene rings is 1. The van der Waals surface area contributed by atoms with Crippen LogP contribution < -0.4 is 4.89 Å². The smallest absolute Gasteiger partial charge is 0.287 e. The van der Waals surface area contributed by atoms with E-state index in [0.29, 0.717) is 5.75 Å². The molecule has 3 nitrogen and oxygen atoms in total. The van der Waals surface area contributed by atoms with Gasteiger partial charge in [-0.05, 0) is 45.4 Å². The van der Waals surface area contributed by atoms with Crippen LogP contribution in [0.4, 0.5) is 0 Å². The van der Waals surface area contributed by atoms with Crippen molar-refractivity contribution in [2.45, 2.75) is 20.8 Å². The van der Waals surface area contributed by atoms with Gasteiger partial charge < -0.3 is 0 Å². The summed E-state index contributed by atoms with van der Waals surface area (Å²) in [6.07, 6.45) is 0. The molecule has 0 saturated heterocycles. The maximum atomic E-state index is 11.3. The quantitative estimate of drug-likeness (QED) is 0.552. The van der Waals surface area contributed by atoms with E-state index in [2.05, 4.69) is 11.8 Å². The zero-order valence-electron chi connectivity index (χ0n) is 9.24. The summed E-state index contributed by atoms with van der Waals surface area (Å²) in [7, 11) is 0. The van der Waals surface area contributed by atoms with E-state index in [9.17, 15) is 4.79 Å². The second-order valence-corrected chi connectivity index (χ2v) is 4.35. The van der Waals surface area contributed by atoms with Gasteiger partial charge in [0.25, 0.3) is 0 Å². The summed E-state index contributed by atoms with van der Waals surface area (Å²) < 4.78 is 0. The largest absolute Gasteiger partial charge is 0.360 e. The van der Waals surface area contributed by atoms with Gasteiger partial charge in [0, 0.05) is 0 Å². The van der Waals surface area contributed by atoms with E-state index in [0.717, 1.165) is 5.56 Å². The van der Waals surface area contributed by atoms with Crippen molar-refractivity contribution < 1.29 is 14.6 Å². The topological polar surface area (TPSA) is 35.5 Å². The molecule has 0 aromatic heterocycles. The van der Waals surface area contributed by atoms with Crippen molar-refractivity contribution in [1.29, 1.82) is 0 Å². The molecule has 0 unspecified atom stereocenters. The third-order valence-electron chi connectivity index (χ3n) is 1.75. The van der Waals surface area contributed by atoms with Crippen molar-refractivity contribution in [3.8, 4) is 5.75 Å². The molecule has 0 bridgehead atoms. The Balaban J connectivity index is 2.51. The second kappa shape index (κ2) is 4.34. The standard InChI is InChI=1S/C12H15O3/c1-9-5-7-10(8-6-9)14-15-11(13)12(2,3)4/h5-8H,1H2,2-4H3. The molecule has 0 aliphatic heterocycles. The van der Waals surface area contributed by atoms with Crippen LogP contribution in [0.5, 0.6) is 5.75 Å². The first-order valence-electron chi connectivity index (χ1n) is 4.70. The fourth-order valence-electron chi connectivity index (χ4n) is 0.756. The van der Waals surface area contributed by atoms with E-state index in [1.54, 1.807) is 45.0 Å². The molecular formula is C12H15O3. The van der Waals surface area contributed by atoms with Crippen molar-refractivity contribution >= 4 is 5.97 Å². The summed E-state index contributed by atoms with van der Waals surface area (Å²) in [5.41, 5.74) is 0.316. The summed E-state index contributed by atoms with van der Waals surface area (Å²) in [6.45, 7) is 9.02. The van der Waals surface area contributed by atoms with Crippen molar-refractivity contribution in [2.75, 3.05) is 0 Å². The Hall–Kier alpha value is -1.51. The molecule has 0 amide bonds. The van der Waals surface area contributed by atoms with Crippen LogP contribution in [0.1, 0.15) is 26.3 Å². The Kier molecular flexibility index (Phi) is 3.35. The number of hydrogen-bond acceptors (Lipinski definition) is 3. The fraction of sp³-hybridized carbons (Fsp3) is 0.333. The fourth-order valence-corrected chi connectivity index (χ4v) is 0.756. The summed E-state index contributed by atoms with van der Waals surface area (Å²) in [5, 5.41) is 0. The lowest BCUT2D eigenvalue weighted by molar-refractivity contribution is -0.223. The average molecular weight is 207 g/mol. The highest BCUT2D eigenvalue weighted by atomic mass is 17.2. The lowest BCUT2D eigenvalue weighted by atomic mass is 9.98. The normalized spacial score (nSPS) is 10.9. The molecule has 1 rings (SSSR count). The predicted octanol–water partition coefficient (Wildman–Crippen LogP) is 2.75. The molecule has 0 saturated carbocycles. The molecule has 0 spiro atoms. The van der Waals surface area contributed by atoms with Gasteiger partial charge in [-0.1, -0.05) is 12.1 Å². The van der Waals surface area contributed by atoms with Crippen molar-refractivity contribution in [3.63, 3.8) is 0 Å². The zero-order valence-corrected chi connectivity index (χ0v) is 9.24. The molecule has 0 N–H and O–H groups in total. The van der Waals surface area contributed by atoms with Crippen LogP contribution in [-0.4, -0.2) is 5.97 Å². The third kappa shape index (κ3) is 3.62.